The van der Waals surface area contributed by atoms with Crippen molar-refractivity contribution < 1.29 is 5.11 Å². The highest BCUT2D eigenvalue weighted by Gasteiger charge is 2.16. The molecular weight excluding hydrogens is 439 g/mol. The van der Waals surface area contributed by atoms with E-state index in [2.05, 4.69) is 6.07 Å². The van der Waals surface area contributed by atoms with Gasteiger partial charge >= 0.3 is 0 Å². The van der Waals surface area contributed by atoms with E-state index in [1.54, 1.807) is 12.1 Å². The van der Waals surface area contributed by atoms with Crippen LogP contribution in [0.5, 0.6) is 5.75 Å². The van der Waals surface area contributed by atoms with Crippen LogP contribution in [0.2, 0.25) is 10.0 Å². The van der Waals surface area contributed by atoms with Crippen LogP contribution in [-0.2, 0) is 0 Å². The van der Waals surface area contributed by atoms with Gasteiger partial charge in [0.15, 0.2) is 0 Å². The van der Waals surface area contributed by atoms with Crippen LogP contribution in [0.1, 0.15) is 0 Å². The van der Waals surface area contributed by atoms with Crippen molar-refractivity contribution in [2.75, 3.05) is 0 Å². The minimum atomic E-state index is 0.226. The first-order chi connectivity index (χ1) is 15.6. The maximum atomic E-state index is 9.99. The van der Waals surface area contributed by atoms with Crippen LogP contribution in [-0.4, -0.2) is 14.9 Å². The third kappa shape index (κ3) is 4.01. The molecule has 0 saturated carbocycles. The molecule has 3 nitrogen and oxygen atoms in total. The Balaban J connectivity index is 1.72. The van der Waals surface area contributed by atoms with Crippen molar-refractivity contribution in [2.45, 2.75) is 0 Å². The lowest BCUT2D eigenvalue weighted by atomic mass is 9.97. The zero-order valence-corrected chi connectivity index (χ0v) is 18.4. The molecule has 0 aliphatic carbocycles. The molecule has 156 valence electrons. The van der Waals surface area contributed by atoms with E-state index in [1.165, 1.54) is 0 Å². The first-order valence-corrected chi connectivity index (χ1v) is 10.8. The number of aromatic nitrogens is 2. The van der Waals surface area contributed by atoms with Crippen molar-refractivity contribution >= 4 is 23.2 Å². The summed E-state index contributed by atoms with van der Waals surface area (Å²) in [5, 5.41) is 16.3. The van der Waals surface area contributed by atoms with Gasteiger partial charge in [0.05, 0.1) is 17.1 Å². The Labute approximate surface area is 196 Å². The summed E-state index contributed by atoms with van der Waals surface area (Å²) in [5.74, 6) is 0.226. The van der Waals surface area contributed by atoms with E-state index < -0.39 is 0 Å². The summed E-state index contributed by atoms with van der Waals surface area (Å²) in [6.07, 6.45) is 0. The average molecular weight is 457 g/mol. The fraction of sp³-hybridized carbons (Fsp3) is 0. The molecule has 32 heavy (non-hydrogen) atoms. The minimum absolute atomic E-state index is 0.226. The van der Waals surface area contributed by atoms with Crippen LogP contribution in [0, 0.1) is 0 Å². The molecule has 0 saturated heterocycles. The van der Waals surface area contributed by atoms with Gasteiger partial charge in [-0.1, -0.05) is 71.7 Å². The van der Waals surface area contributed by atoms with Gasteiger partial charge in [-0.15, -0.1) is 0 Å². The van der Waals surface area contributed by atoms with Crippen LogP contribution in [0.4, 0.5) is 0 Å². The predicted molar refractivity (Wildman–Crippen MR) is 132 cm³/mol. The molecule has 1 aromatic heterocycles. The molecule has 5 aromatic rings. The van der Waals surface area contributed by atoms with Crippen LogP contribution in [0.25, 0.3) is 39.3 Å². The molecule has 4 aromatic carbocycles. The Kier molecular flexibility index (Phi) is 5.44. The highest BCUT2D eigenvalue weighted by Crippen LogP contribution is 2.36. The normalized spacial score (nSPS) is 10.9. The zero-order valence-electron chi connectivity index (χ0n) is 16.9. The molecule has 1 N–H and O–H groups in total. The Hall–Kier alpha value is -3.53. The summed E-state index contributed by atoms with van der Waals surface area (Å²) in [4.78, 5) is 0. The molecule has 5 heteroatoms. The van der Waals surface area contributed by atoms with Gasteiger partial charge in [0, 0.05) is 21.2 Å². The van der Waals surface area contributed by atoms with E-state index in [0.717, 1.165) is 39.3 Å². The van der Waals surface area contributed by atoms with Crippen LogP contribution in [0.3, 0.4) is 0 Å². The summed E-state index contributed by atoms with van der Waals surface area (Å²) >= 11 is 12.4. The van der Waals surface area contributed by atoms with E-state index in [9.17, 15) is 5.11 Å². The highest BCUT2D eigenvalue weighted by atomic mass is 35.5. The van der Waals surface area contributed by atoms with Crippen LogP contribution >= 0.6 is 23.2 Å². The Morgan fingerprint density at radius 3 is 2.09 bits per heavy atom. The van der Waals surface area contributed by atoms with E-state index in [4.69, 9.17) is 28.3 Å². The molecule has 0 amide bonds. The number of phenolic OH excluding ortho intramolecular Hbond substituents is 1. The van der Waals surface area contributed by atoms with Crippen LogP contribution in [0.15, 0.2) is 103 Å². The average Bonchev–Trinajstić information content (AvgIpc) is 3.25. The number of nitrogens with zero attached hydrogens (tertiary/aromatic N) is 2. The molecule has 0 spiro atoms. The van der Waals surface area contributed by atoms with Crippen molar-refractivity contribution in [3.8, 4) is 45.1 Å². The number of hydrogen-bond acceptors (Lipinski definition) is 2. The second kappa shape index (κ2) is 8.54. The quantitative estimate of drug-likeness (QED) is 0.298. The number of benzene rings is 4. The number of aromatic hydroxyl groups is 1. The SMILES string of the molecule is Oc1cccc(-c2ccccc2-c2cc(-c3cccc(Cl)c3)n(-c3ccc(Cl)cc3)n2)c1. The summed E-state index contributed by atoms with van der Waals surface area (Å²) in [7, 11) is 0. The lowest BCUT2D eigenvalue weighted by molar-refractivity contribution is 0.475. The highest BCUT2D eigenvalue weighted by molar-refractivity contribution is 6.31. The number of halogens is 2. The lowest BCUT2D eigenvalue weighted by Crippen LogP contribution is -1.99. The number of phenols is 1. The van der Waals surface area contributed by atoms with E-state index in [0.29, 0.717) is 10.0 Å². The van der Waals surface area contributed by atoms with Crippen molar-refractivity contribution in [2.24, 2.45) is 0 Å². The second-order valence-corrected chi connectivity index (χ2v) is 8.28. The standard InChI is InChI=1S/C27H18Cl2N2O/c28-20-11-13-22(14-12-20)31-27(19-6-3-7-21(29)15-19)17-26(30-31)25-10-2-1-9-24(25)18-5-4-8-23(32)16-18/h1-17,32H. The van der Waals surface area contributed by atoms with Gasteiger partial charge in [0.2, 0.25) is 0 Å². The Morgan fingerprint density at radius 1 is 0.625 bits per heavy atom. The summed E-state index contributed by atoms with van der Waals surface area (Å²) in [6.45, 7) is 0. The van der Waals surface area contributed by atoms with Gasteiger partial charge in [-0.3, -0.25) is 0 Å². The molecule has 0 unspecified atom stereocenters. The summed E-state index contributed by atoms with van der Waals surface area (Å²) < 4.78 is 1.90. The monoisotopic (exact) mass is 456 g/mol. The molecule has 0 aliphatic heterocycles. The smallest absolute Gasteiger partial charge is 0.116 e. The fourth-order valence-electron chi connectivity index (χ4n) is 3.78. The largest absolute Gasteiger partial charge is 0.508 e. The van der Waals surface area contributed by atoms with E-state index in [1.807, 2.05) is 89.6 Å². The van der Waals surface area contributed by atoms with Gasteiger partial charge in [-0.25, -0.2) is 4.68 Å². The molecule has 0 radical (unpaired) electrons. The van der Waals surface area contributed by atoms with Gasteiger partial charge < -0.3 is 5.11 Å². The maximum absolute atomic E-state index is 9.99. The Bertz CT molecular complexity index is 1410. The number of hydrogen-bond donors (Lipinski definition) is 1. The molecule has 0 atom stereocenters. The maximum Gasteiger partial charge on any atom is 0.116 e. The first-order valence-electron chi connectivity index (χ1n) is 10.1. The van der Waals surface area contributed by atoms with Crippen LogP contribution < -0.4 is 0 Å². The summed E-state index contributed by atoms with van der Waals surface area (Å²) in [6, 6.07) is 32.6. The van der Waals surface area contributed by atoms with Crippen molar-refractivity contribution in [3.05, 3.63) is 113 Å². The summed E-state index contributed by atoms with van der Waals surface area (Å²) in [5.41, 5.74) is 6.46. The van der Waals surface area contributed by atoms with E-state index >= 15 is 0 Å². The minimum Gasteiger partial charge on any atom is -0.508 e. The van der Waals surface area contributed by atoms with Crippen molar-refractivity contribution in [1.29, 1.82) is 0 Å². The molecule has 0 bridgehead atoms. The fourth-order valence-corrected chi connectivity index (χ4v) is 4.09. The Morgan fingerprint density at radius 2 is 1.34 bits per heavy atom. The predicted octanol–water partition coefficient (Wildman–Crippen LogP) is 7.89. The van der Waals surface area contributed by atoms with Gasteiger partial charge in [0.25, 0.3) is 0 Å². The topological polar surface area (TPSA) is 38.0 Å². The van der Waals surface area contributed by atoms with Gasteiger partial charge in [0.1, 0.15) is 5.75 Å². The van der Waals surface area contributed by atoms with Crippen molar-refractivity contribution in [3.63, 3.8) is 0 Å². The third-order valence-corrected chi connectivity index (χ3v) is 5.75. The third-order valence-electron chi connectivity index (χ3n) is 5.26. The molecule has 5 rings (SSSR count). The second-order valence-electron chi connectivity index (χ2n) is 7.41. The molecule has 0 fully saturated rings. The number of rotatable bonds is 4. The lowest BCUT2D eigenvalue weighted by Gasteiger charge is -2.09. The molecular formula is C27H18Cl2N2O. The van der Waals surface area contributed by atoms with Gasteiger partial charge in [-0.2, -0.15) is 5.10 Å². The van der Waals surface area contributed by atoms with E-state index in [-0.39, 0.29) is 5.75 Å². The molecule has 1 heterocycles. The zero-order chi connectivity index (χ0) is 22.1. The molecule has 0 aliphatic rings. The van der Waals surface area contributed by atoms with Crippen molar-refractivity contribution in [1.82, 2.24) is 9.78 Å². The van der Waals surface area contributed by atoms with Gasteiger partial charge in [-0.05, 0) is 65.7 Å². The first kappa shape index (κ1) is 20.4.